The topological polar surface area (TPSA) is 41.6 Å². The molecule has 1 aliphatic heterocycles. The van der Waals surface area contributed by atoms with Crippen LogP contribution in [0.15, 0.2) is 0 Å². The minimum Gasteiger partial charge on any atom is -0.376 e. The predicted molar refractivity (Wildman–Crippen MR) is 85.1 cm³/mol. The highest BCUT2D eigenvalue weighted by Crippen LogP contribution is 2.22. The summed E-state index contributed by atoms with van der Waals surface area (Å²) in [6, 6.07) is 0.0352. The van der Waals surface area contributed by atoms with E-state index in [9.17, 15) is 4.79 Å². The van der Waals surface area contributed by atoms with Gasteiger partial charge in [-0.25, -0.2) is 0 Å². The number of hydrogen-bond acceptors (Lipinski definition) is 3. The molecule has 21 heavy (non-hydrogen) atoms. The maximum atomic E-state index is 12.5. The van der Waals surface area contributed by atoms with Crippen LogP contribution in [-0.4, -0.2) is 42.3 Å². The molecule has 1 amide bonds. The van der Waals surface area contributed by atoms with Gasteiger partial charge in [0.2, 0.25) is 5.91 Å². The average Bonchev–Trinajstić information content (AvgIpc) is 3.08. The van der Waals surface area contributed by atoms with E-state index in [0.29, 0.717) is 12.7 Å². The molecule has 4 nitrogen and oxygen atoms in total. The molecule has 1 N–H and O–H groups in total. The van der Waals surface area contributed by atoms with Crippen LogP contribution in [0.3, 0.4) is 0 Å². The van der Waals surface area contributed by atoms with E-state index in [1.165, 1.54) is 25.7 Å². The van der Waals surface area contributed by atoms with Crippen LogP contribution in [0.1, 0.15) is 71.6 Å². The molecule has 2 aliphatic rings. The van der Waals surface area contributed by atoms with Gasteiger partial charge in [0.1, 0.15) is 0 Å². The van der Waals surface area contributed by atoms with Gasteiger partial charge in [0.25, 0.3) is 0 Å². The standard InChI is InChI=1S/C17H32N2O2/c1-3-5-11-15-17(20)19(16(18-15)8-4-2)12-13-21-14-9-6-7-10-14/h14-16,18H,3-13H2,1-2H3. The summed E-state index contributed by atoms with van der Waals surface area (Å²) in [4.78, 5) is 14.6. The maximum Gasteiger partial charge on any atom is 0.241 e. The maximum absolute atomic E-state index is 12.5. The molecule has 0 aromatic heterocycles. The van der Waals surface area contributed by atoms with E-state index in [0.717, 1.165) is 38.6 Å². The lowest BCUT2D eigenvalue weighted by atomic mass is 10.1. The zero-order valence-electron chi connectivity index (χ0n) is 13.8. The number of carbonyl (C=O) groups excluding carboxylic acids is 1. The van der Waals surface area contributed by atoms with Crippen molar-refractivity contribution in [3.8, 4) is 0 Å². The summed E-state index contributed by atoms with van der Waals surface area (Å²) in [6.07, 6.45) is 11.0. The average molecular weight is 296 g/mol. The van der Waals surface area contributed by atoms with Gasteiger partial charge in [0, 0.05) is 6.54 Å². The molecule has 2 rings (SSSR count). The van der Waals surface area contributed by atoms with Crippen LogP contribution in [0, 0.1) is 0 Å². The van der Waals surface area contributed by atoms with E-state index in [1.54, 1.807) is 0 Å². The second kappa shape index (κ2) is 8.74. The van der Waals surface area contributed by atoms with Crippen molar-refractivity contribution in [2.75, 3.05) is 13.2 Å². The van der Waals surface area contributed by atoms with Gasteiger partial charge in [-0.3, -0.25) is 10.1 Å². The Balaban J connectivity index is 1.80. The number of nitrogens with one attached hydrogen (secondary N) is 1. The fourth-order valence-electron chi connectivity index (χ4n) is 3.51. The summed E-state index contributed by atoms with van der Waals surface area (Å²) in [5.41, 5.74) is 0. The lowest BCUT2D eigenvalue weighted by Gasteiger charge is -2.24. The zero-order chi connectivity index (χ0) is 15.1. The first kappa shape index (κ1) is 16.8. The number of carbonyl (C=O) groups is 1. The first-order valence-electron chi connectivity index (χ1n) is 8.94. The molecule has 0 aromatic carbocycles. The zero-order valence-corrected chi connectivity index (χ0v) is 13.8. The van der Waals surface area contributed by atoms with Crippen LogP contribution in [0.4, 0.5) is 0 Å². The molecule has 1 heterocycles. The molecular formula is C17H32N2O2. The lowest BCUT2D eigenvalue weighted by Crippen LogP contribution is -2.39. The van der Waals surface area contributed by atoms with Crippen molar-refractivity contribution >= 4 is 5.91 Å². The molecule has 0 radical (unpaired) electrons. The van der Waals surface area contributed by atoms with Crippen molar-refractivity contribution in [3.63, 3.8) is 0 Å². The fourth-order valence-corrected chi connectivity index (χ4v) is 3.51. The normalized spacial score (nSPS) is 27.0. The first-order valence-corrected chi connectivity index (χ1v) is 8.94. The van der Waals surface area contributed by atoms with Gasteiger partial charge in [0.05, 0.1) is 24.9 Å². The Hall–Kier alpha value is -0.610. The highest BCUT2D eigenvalue weighted by atomic mass is 16.5. The summed E-state index contributed by atoms with van der Waals surface area (Å²) < 4.78 is 5.93. The molecule has 0 aromatic rings. The third-order valence-electron chi connectivity index (χ3n) is 4.75. The summed E-state index contributed by atoms with van der Waals surface area (Å²) in [7, 11) is 0. The van der Waals surface area contributed by atoms with Crippen LogP contribution < -0.4 is 5.32 Å². The van der Waals surface area contributed by atoms with E-state index in [-0.39, 0.29) is 18.1 Å². The molecule has 2 fully saturated rings. The third-order valence-corrected chi connectivity index (χ3v) is 4.75. The minimum absolute atomic E-state index is 0.0352. The van der Waals surface area contributed by atoms with Crippen molar-refractivity contribution in [1.29, 1.82) is 0 Å². The van der Waals surface area contributed by atoms with Gasteiger partial charge >= 0.3 is 0 Å². The Morgan fingerprint density at radius 2 is 1.95 bits per heavy atom. The molecule has 0 spiro atoms. The summed E-state index contributed by atoms with van der Waals surface area (Å²) in [5.74, 6) is 0.289. The van der Waals surface area contributed by atoms with Crippen LogP contribution in [-0.2, 0) is 9.53 Å². The van der Waals surface area contributed by atoms with Crippen molar-refractivity contribution in [2.45, 2.75) is 89.9 Å². The van der Waals surface area contributed by atoms with Gasteiger partial charge in [-0.1, -0.05) is 46.0 Å². The molecule has 2 atom stereocenters. The summed E-state index contributed by atoms with van der Waals surface area (Å²) in [6.45, 7) is 5.79. The molecular weight excluding hydrogens is 264 g/mol. The number of rotatable bonds is 9. The Bertz CT molecular complexity index is 316. The van der Waals surface area contributed by atoms with Crippen molar-refractivity contribution in [2.24, 2.45) is 0 Å². The minimum atomic E-state index is 0.0352. The summed E-state index contributed by atoms with van der Waals surface area (Å²) in [5, 5.41) is 3.53. The van der Waals surface area contributed by atoms with Crippen molar-refractivity contribution in [3.05, 3.63) is 0 Å². The first-order chi connectivity index (χ1) is 10.3. The molecule has 122 valence electrons. The lowest BCUT2D eigenvalue weighted by molar-refractivity contribution is -0.131. The van der Waals surface area contributed by atoms with Crippen molar-refractivity contribution in [1.82, 2.24) is 10.2 Å². The van der Waals surface area contributed by atoms with Crippen LogP contribution in [0.5, 0.6) is 0 Å². The number of hydrogen-bond donors (Lipinski definition) is 1. The Morgan fingerprint density at radius 1 is 1.19 bits per heavy atom. The molecule has 4 heteroatoms. The predicted octanol–water partition coefficient (Wildman–Crippen LogP) is 3.06. The quantitative estimate of drug-likeness (QED) is 0.711. The SMILES string of the molecule is CCCCC1NC(CCC)N(CCOC2CCCC2)C1=O. The number of nitrogens with zero attached hydrogens (tertiary/aromatic N) is 1. The Labute approximate surface area is 129 Å². The third kappa shape index (κ3) is 4.68. The van der Waals surface area contributed by atoms with E-state index < -0.39 is 0 Å². The second-order valence-electron chi connectivity index (χ2n) is 6.47. The van der Waals surface area contributed by atoms with E-state index in [2.05, 4.69) is 19.2 Å². The van der Waals surface area contributed by atoms with Crippen LogP contribution in [0.2, 0.25) is 0 Å². The van der Waals surface area contributed by atoms with Crippen LogP contribution >= 0.6 is 0 Å². The fraction of sp³-hybridized carbons (Fsp3) is 0.941. The number of amides is 1. The number of unbranched alkanes of at least 4 members (excludes halogenated alkanes) is 1. The highest BCUT2D eigenvalue weighted by Gasteiger charge is 2.37. The highest BCUT2D eigenvalue weighted by molar-refractivity contribution is 5.84. The monoisotopic (exact) mass is 296 g/mol. The van der Waals surface area contributed by atoms with Gasteiger partial charge in [0.15, 0.2) is 0 Å². The number of ether oxygens (including phenoxy) is 1. The van der Waals surface area contributed by atoms with Gasteiger partial charge in [-0.15, -0.1) is 0 Å². The molecule has 1 aliphatic carbocycles. The smallest absolute Gasteiger partial charge is 0.241 e. The van der Waals surface area contributed by atoms with E-state index in [4.69, 9.17) is 4.74 Å². The molecule has 1 saturated carbocycles. The van der Waals surface area contributed by atoms with Gasteiger partial charge in [-0.2, -0.15) is 0 Å². The Morgan fingerprint density at radius 3 is 2.62 bits per heavy atom. The largest absolute Gasteiger partial charge is 0.376 e. The second-order valence-corrected chi connectivity index (χ2v) is 6.47. The Kier molecular flexibility index (Phi) is 6.97. The molecule has 2 unspecified atom stereocenters. The van der Waals surface area contributed by atoms with Crippen molar-refractivity contribution < 1.29 is 9.53 Å². The molecule has 1 saturated heterocycles. The van der Waals surface area contributed by atoms with E-state index >= 15 is 0 Å². The van der Waals surface area contributed by atoms with E-state index in [1.807, 2.05) is 4.90 Å². The van der Waals surface area contributed by atoms with Gasteiger partial charge < -0.3 is 9.64 Å². The van der Waals surface area contributed by atoms with Crippen LogP contribution in [0.25, 0.3) is 0 Å². The summed E-state index contributed by atoms with van der Waals surface area (Å²) >= 11 is 0. The molecule has 0 bridgehead atoms. The van der Waals surface area contributed by atoms with Gasteiger partial charge in [-0.05, 0) is 25.7 Å².